The molecule has 1 aliphatic rings. The Morgan fingerprint density at radius 2 is 0.947 bits per heavy atom. The summed E-state index contributed by atoms with van der Waals surface area (Å²) < 4.78 is 11.7. The Bertz CT molecular complexity index is 4600. The fourth-order valence-electron chi connectivity index (χ4n) is 11.6. The number of aromatic nitrogens is 2. The highest BCUT2D eigenvalue weighted by molar-refractivity contribution is 6.24. The molecule has 352 valence electrons. The molecule has 6 nitrogen and oxygen atoms in total. The summed E-state index contributed by atoms with van der Waals surface area (Å²) in [4.78, 5) is 10.6. The van der Waals surface area contributed by atoms with Crippen molar-refractivity contribution in [3.8, 4) is 44.8 Å². The van der Waals surface area contributed by atoms with Crippen molar-refractivity contribution in [2.45, 2.75) is 6.17 Å². The molecule has 0 saturated carbocycles. The van der Waals surface area contributed by atoms with Gasteiger partial charge in [-0.1, -0.05) is 206 Å². The quantitative estimate of drug-likeness (QED) is 0.165. The normalized spacial score (nSPS) is 13.7. The zero-order chi connectivity index (χ0) is 49.4. The van der Waals surface area contributed by atoms with Crippen LogP contribution in [0.2, 0.25) is 0 Å². The van der Waals surface area contributed by atoms with E-state index in [1.807, 2.05) is 30.3 Å². The smallest absolute Gasteiger partial charge is 0.159 e. The largest absolute Gasteiger partial charge is 0.455 e. The molecule has 0 saturated heterocycles. The minimum absolute atomic E-state index is 0.478. The molecule has 1 atom stereocenters. The zero-order valence-corrected chi connectivity index (χ0v) is 40.6. The summed E-state index contributed by atoms with van der Waals surface area (Å²) in [7, 11) is 0. The predicted octanol–water partition coefficient (Wildman–Crippen LogP) is 17.3. The fourth-order valence-corrected chi connectivity index (χ4v) is 11.6. The van der Waals surface area contributed by atoms with Gasteiger partial charge in [-0.25, -0.2) is 9.98 Å². The minimum Gasteiger partial charge on any atom is -0.455 e. The second-order valence-electron chi connectivity index (χ2n) is 19.3. The lowest BCUT2D eigenvalue weighted by molar-refractivity contribution is 0.670. The topological polar surface area (TPSA) is 59.8 Å². The van der Waals surface area contributed by atoms with Crippen molar-refractivity contribution in [2.75, 3.05) is 0 Å². The Morgan fingerprint density at radius 1 is 0.373 bits per heavy atom. The third-order valence-corrected chi connectivity index (χ3v) is 15.0. The van der Waals surface area contributed by atoms with Crippen molar-refractivity contribution >= 4 is 77.2 Å². The van der Waals surface area contributed by atoms with E-state index in [4.69, 9.17) is 14.4 Å². The van der Waals surface area contributed by atoms with Crippen LogP contribution in [0.1, 0.15) is 22.9 Å². The maximum Gasteiger partial charge on any atom is 0.159 e. The maximum absolute atomic E-state index is 6.78. The Kier molecular flexibility index (Phi) is 9.85. The van der Waals surface area contributed by atoms with E-state index in [1.165, 1.54) is 10.8 Å². The van der Waals surface area contributed by atoms with Gasteiger partial charge in [-0.05, 0) is 82.4 Å². The van der Waals surface area contributed by atoms with Crippen molar-refractivity contribution in [1.82, 2.24) is 14.5 Å². The van der Waals surface area contributed by atoms with Gasteiger partial charge in [0.05, 0.1) is 27.8 Å². The molecular weight excluding hydrogens is 915 g/mol. The molecule has 3 aromatic heterocycles. The van der Waals surface area contributed by atoms with Crippen LogP contribution in [-0.2, 0) is 0 Å². The highest BCUT2D eigenvalue weighted by atomic mass is 16.3. The molecular formula is C69H45N5O. The van der Waals surface area contributed by atoms with Gasteiger partial charge in [-0.2, -0.15) is 0 Å². The number of amidine groups is 2. The van der Waals surface area contributed by atoms with E-state index in [2.05, 4.69) is 245 Å². The zero-order valence-electron chi connectivity index (χ0n) is 40.6. The highest BCUT2D eigenvalue weighted by Crippen LogP contribution is 2.48. The van der Waals surface area contributed by atoms with Crippen LogP contribution in [0.15, 0.2) is 275 Å². The first kappa shape index (κ1) is 42.6. The molecule has 1 aliphatic heterocycles. The fraction of sp³-hybridized carbons (Fsp3) is 0.0145. The standard InChI is InChI=1S/C69H45N5O/c1-5-21-44(22-6-1)47-39-40-56(69-71-67(45-23-7-2-8-24-45)70-68(72-69)46-25-9-3-10-26-46)61(42-47)74-59-36-17-14-31-55(59)64-52(33-20-37-60(64)74)57-41-48(50-32-19-34-53-51-29-15-18-38-63(51)75-66(50)53)43-62-65(57)54-30-13-16-35-58(54)73(62)49-27-11-4-12-28-49/h1-43,69H,(H,70,71,72). The van der Waals surface area contributed by atoms with Gasteiger partial charge in [0.2, 0.25) is 0 Å². The lowest BCUT2D eigenvalue weighted by Crippen LogP contribution is -2.34. The van der Waals surface area contributed by atoms with Crippen LogP contribution in [0.5, 0.6) is 0 Å². The van der Waals surface area contributed by atoms with Crippen LogP contribution in [0, 0.1) is 0 Å². The number of nitrogens with zero attached hydrogens (tertiary/aromatic N) is 4. The van der Waals surface area contributed by atoms with Crippen molar-refractivity contribution in [1.29, 1.82) is 0 Å². The first-order valence-electron chi connectivity index (χ1n) is 25.5. The molecule has 15 rings (SSSR count). The molecule has 0 amide bonds. The summed E-state index contributed by atoms with van der Waals surface area (Å²) in [6.07, 6.45) is -0.478. The van der Waals surface area contributed by atoms with Crippen LogP contribution in [-0.4, -0.2) is 20.8 Å². The summed E-state index contributed by atoms with van der Waals surface area (Å²) in [6, 6.07) is 93.1. The lowest BCUT2D eigenvalue weighted by atomic mass is 9.91. The molecule has 0 radical (unpaired) electrons. The van der Waals surface area contributed by atoms with E-state index in [9.17, 15) is 0 Å². The monoisotopic (exact) mass is 959 g/mol. The van der Waals surface area contributed by atoms with Crippen molar-refractivity contribution in [3.05, 3.63) is 278 Å². The Balaban J connectivity index is 1.02. The van der Waals surface area contributed by atoms with Crippen LogP contribution in [0.4, 0.5) is 0 Å². The van der Waals surface area contributed by atoms with Gasteiger partial charge in [-0.15, -0.1) is 0 Å². The van der Waals surface area contributed by atoms with E-state index in [0.717, 1.165) is 122 Å². The lowest BCUT2D eigenvalue weighted by Gasteiger charge is -2.26. The van der Waals surface area contributed by atoms with Gasteiger partial charge < -0.3 is 18.9 Å². The molecule has 0 bridgehead atoms. The van der Waals surface area contributed by atoms with Crippen LogP contribution < -0.4 is 5.32 Å². The Hall–Kier alpha value is -10.0. The third kappa shape index (κ3) is 6.95. The Labute approximate surface area is 432 Å². The average molecular weight is 960 g/mol. The molecule has 1 N–H and O–H groups in total. The first-order chi connectivity index (χ1) is 37.2. The number of rotatable bonds is 8. The molecule has 0 aliphatic carbocycles. The second kappa shape index (κ2) is 17.3. The average Bonchev–Trinajstić information content (AvgIpc) is 4.18. The summed E-state index contributed by atoms with van der Waals surface area (Å²) >= 11 is 0. The number of fused-ring (bicyclic) bond motifs is 9. The molecule has 0 fully saturated rings. The third-order valence-electron chi connectivity index (χ3n) is 15.0. The number of nitrogens with one attached hydrogen (secondary N) is 1. The van der Waals surface area contributed by atoms with Gasteiger partial charge in [0.15, 0.2) is 5.84 Å². The van der Waals surface area contributed by atoms with Gasteiger partial charge >= 0.3 is 0 Å². The second-order valence-corrected chi connectivity index (χ2v) is 19.3. The Morgan fingerprint density at radius 3 is 1.69 bits per heavy atom. The predicted molar refractivity (Wildman–Crippen MR) is 311 cm³/mol. The van der Waals surface area contributed by atoms with Crippen LogP contribution >= 0.6 is 0 Å². The number of furan rings is 1. The van der Waals surface area contributed by atoms with Gasteiger partial charge in [-0.3, -0.25) is 0 Å². The number of hydrogen-bond acceptors (Lipinski definition) is 4. The van der Waals surface area contributed by atoms with E-state index in [0.29, 0.717) is 5.84 Å². The van der Waals surface area contributed by atoms with Crippen molar-refractivity contribution in [3.63, 3.8) is 0 Å². The molecule has 1 unspecified atom stereocenters. The first-order valence-corrected chi connectivity index (χ1v) is 25.5. The minimum atomic E-state index is -0.478. The van der Waals surface area contributed by atoms with Crippen molar-refractivity contribution < 1.29 is 4.42 Å². The van der Waals surface area contributed by atoms with E-state index in [-0.39, 0.29) is 0 Å². The summed E-state index contributed by atoms with van der Waals surface area (Å²) in [6.45, 7) is 0. The molecule has 75 heavy (non-hydrogen) atoms. The maximum atomic E-state index is 6.78. The number of benzene rings is 11. The van der Waals surface area contributed by atoms with Crippen LogP contribution in [0.25, 0.3) is 110 Å². The highest BCUT2D eigenvalue weighted by Gasteiger charge is 2.28. The molecule has 6 heteroatoms. The number of para-hydroxylation sites is 5. The number of hydrogen-bond donors (Lipinski definition) is 1. The summed E-state index contributed by atoms with van der Waals surface area (Å²) in [5.41, 5.74) is 17.9. The molecule has 0 spiro atoms. The van der Waals surface area contributed by atoms with E-state index in [1.54, 1.807) is 0 Å². The molecule has 4 heterocycles. The SMILES string of the molecule is c1ccc(C2=NC(c3ccc(-c4ccccc4)cc3-n3c4ccccc4c4c(-c5cc(-c6cccc7c6oc6ccccc67)cc6c5c5ccccc5n6-c5ccccc5)cccc43)NC(c3ccccc3)=N2)cc1. The van der Waals surface area contributed by atoms with Crippen molar-refractivity contribution in [2.24, 2.45) is 9.98 Å². The summed E-state index contributed by atoms with van der Waals surface area (Å²) in [5, 5.41) is 10.7. The van der Waals surface area contributed by atoms with Gasteiger partial charge in [0.1, 0.15) is 23.2 Å². The van der Waals surface area contributed by atoms with Crippen LogP contribution in [0.3, 0.4) is 0 Å². The summed E-state index contributed by atoms with van der Waals surface area (Å²) in [5.74, 6) is 1.45. The number of aliphatic imine (C=N–C) groups is 2. The molecule has 14 aromatic rings. The van der Waals surface area contributed by atoms with E-state index >= 15 is 0 Å². The van der Waals surface area contributed by atoms with E-state index < -0.39 is 6.17 Å². The molecule has 11 aromatic carbocycles. The van der Waals surface area contributed by atoms with Gasteiger partial charge in [0, 0.05) is 60.3 Å². The van der Waals surface area contributed by atoms with Gasteiger partial charge in [0.25, 0.3) is 0 Å².